The molecule has 1 aromatic rings. The van der Waals surface area contributed by atoms with Crippen LogP contribution in [0.15, 0.2) is 22.7 Å². The largest absolute Gasteiger partial charge is 0.348 e. The predicted octanol–water partition coefficient (Wildman–Crippen LogP) is 3.78. The lowest BCUT2D eigenvalue weighted by atomic mass is 10.1. The van der Waals surface area contributed by atoms with Gasteiger partial charge in [0, 0.05) is 10.5 Å². The number of amides is 1. The first kappa shape index (κ1) is 14.9. The summed E-state index contributed by atoms with van der Waals surface area (Å²) in [6.45, 7) is 4.09. The SMILES string of the molecule is CC(C)C(CI)NC(=O)c1cccc(F)c1Br. The van der Waals surface area contributed by atoms with E-state index in [9.17, 15) is 9.18 Å². The van der Waals surface area contributed by atoms with Gasteiger partial charge in [0.2, 0.25) is 0 Å². The Labute approximate surface area is 123 Å². The van der Waals surface area contributed by atoms with Crippen molar-refractivity contribution < 1.29 is 9.18 Å². The van der Waals surface area contributed by atoms with Crippen LogP contribution in [0.3, 0.4) is 0 Å². The molecule has 1 amide bonds. The van der Waals surface area contributed by atoms with E-state index in [0.717, 1.165) is 4.43 Å². The molecule has 0 aliphatic rings. The van der Waals surface area contributed by atoms with Gasteiger partial charge in [-0.15, -0.1) is 0 Å². The fourth-order valence-electron chi connectivity index (χ4n) is 1.31. The van der Waals surface area contributed by atoms with Crippen molar-refractivity contribution in [2.45, 2.75) is 19.9 Å². The lowest BCUT2D eigenvalue weighted by molar-refractivity contribution is 0.0931. The van der Waals surface area contributed by atoms with E-state index in [0.29, 0.717) is 11.5 Å². The minimum Gasteiger partial charge on any atom is -0.348 e. The van der Waals surface area contributed by atoms with Crippen LogP contribution in [0.4, 0.5) is 4.39 Å². The Bertz CT molecular complexity index is 411. The molecule has 0 aliphatic carbocycles. The van der Waals surface area contributed by atoms with Crippen molar-refractivity contribution in [3.8, 4) is 0 Å². The highest BCUT2D eigenvalue weighted by molar-refractivity contribution is 14.1. The molecule has 94 valence electrons. The van der Waals surface area contributed by atoms with Gasteiger partial charge in [-0.05, 0) is 34.0 Å². The van der Waals surface area contributed by atoms with Crippen LogP contribution in [0, 0.1) is 11.7 Å². The first-order chi connectivity index (χ1) is 7.97. The molecule has 0 aliphatic heterocycles. The van der Waals surface area contributed by atoms with Gasteiger partial charge < -0.3 is 5.32 Å². The summed E-state index contributed by atoms with van der Waals surface area (Å²) >= 11 is 5.32. The summed E-state index contributed by atoms with van der Waals surface area (Å²) in [7, 11) is 0. The van der Waals surface area contributed by atoms with E-state index in [-0.39, 0.29) is 16.4 Å². The summed E-state index contributed by atoms with van der Waals surface area (Å²) in [6.07, 6.45) is 0. The zero-order valence-electron chi connectivity index (χ0n) is 9.64. The van der Waals surface area contributed by atoms with E-state index >= 15 is 0 Å². The Balaban J connectivity index is 2.86. The predicted molar refractivity (Wildman–Crippen MR) is 79.1 cm³/mol. The second-order valence-corrected chi connectivity index (χ2v) is 5.75. The summed E-state index contributed by atoms with van der Waals surface area (Å²) in [4.78, 5) is 12.0. The van der Waals surface area contributed by atoms with E-state index in [1.807, 2.05) is 13.8 Å². The van der Waals surface area contributed by atoms with Gasteiger partial charge in [-0.3, -0.25) is 4.79 Å². The molecule has 0 heterocycles. The fraction of sp³-hybridized carbons (Fsp3) is 0.417. The molecular formula is C12H14BrFINO. The van der Waals surface area contributed by atoms with Gasteiger partial charge in [-0.1, -0.05) is 42.5 Å². The standard InChI is InChI=1S/C12H14BrFINO/c1-7(2)10(6-15)16-12(17)8-4-3-5-9(14)11(8)13/h3-5,7,10H,6H2,1-2H3,(H,16,17). The first-order valence-corrected chi connectivity index (χ1v) is 7.60. The van der Waals surface area contributed by atoms with Crippen LogP contribution in [-0.2, 0) is 0 Å². The molecule has 0 spiro atoms. The minimum atomic E-state index is -0.423. The maximum atomic E-state index is 13.3. The van der Waals surface area contributed by atoms with Crippen LogP contribution in [-0.4, -0.2) is 16.4 Å². The Morgan fingerprint density at radius 1 is 1.53 bits per heavy atom. The highest BCUT2D eigenvalue weighted by Gasteiger charge is 2.18. The van der Waals surface area contributed by atoms with E-state index < -0.39 is 5.82 Å². The van der Waals surface area contributed by atoms with Gasteiger partial charge in [0.1, 0.15) is 5.82 Å². The van der Waals surface area contributed by atoms with Crippen molar-refractivity contribution in [2.75, 3.05) is 4.43 Å². The number of nitrogens with one attached hydrogen (secondary N) is 1. The Morgan fingerprint density at radius 3 is 2.71 bits per heavy atom. The molecule has 0 radical (unpaired) electrons. The molecule has 0 bridgehead atoms. The fourth-order valence-corrected chi connectivity index (χ4v) is 2.99. The summed E-state index contributed by atoms with van der Waals surface area (Å²) < 4.78 is 14.3. The molecule has 2 nitrogen and oxygen atoms in total. The van der Waals surface area contributed by atoms with Gasteiger partial charge in [0.05, 0.1) is 10.0 Å². The van der Waals surface area contributed by atoms with Crippen LogP contribution in [0.5, 0.6) is 0 Å². The maximum Gasteiger partial charge on any atom is 0.252 e. The number of hydrogen-bond donors (Lipinski definition) is 1. The molecule has 17 heavy (non-hydrogen) atoms. The molecule has 1 atom stereocenters. The molecular weight excluding hydrogens is 400 g/mol. The molecule has 0 aromatic heterocycles. The van der Waals surface area contributed by atoms with Crippen LogP contribution in [0.2, 0.25) is 0 Å². The van der Waals surface area contributed by atoms with Crippen molar-refractivity contribution in [3.63, 3.8) is 0 Å². The average Bonchev–Trinajstić information content (AvgIpc) is 2.28. The zero-order valence-corrected chi connectivity index (χ0v) is 13.4. The summed E-state index contributed by atoms with van der Waals surface area (Å²) in [6, 6.07) is 4.55. The van der Waals surface area contributed by atoms with Crippen LogP contribution in [0.25, 0.3) is 0 Å². The van der Waals surface area contributed by atoms with Crippen molar-refractivity contribution in [3.05, 3.63) is 34.1 Å². The normalized spacial score (nSPS) is 12.6. The molecule has 1 rings (SSSR count). The molecule has 1 N–H and O–H groups in total. The molecule has 0 fully saturated rings. The van der Waals surface area contributed by atoms with Crippen molar-refractivity contribution in [1.82, 2.24) is 5.32 Å². The molecule has 0 saturated carbocycles. The minimum absolute atomic E-state index is 0.0956. The smallest absolute Gasteiger partial charge is 0.252 e. The highest BCUT2D eigenvalue weighted by Crippen LogP contribution is 2.20. The lowest BCUT2D eigenvalue weighted by Gasteiger charge is -2.20. The second kappa shape index (κ2) is 6.68. The third-order valence-electron chi connectivity index (χ3n) is 2.48. The first-order valence-electron chi connectivity index (χ1n) is 5.28. The van der Waals surface area contributed by atoms with E-state index in [1.165, 1.54) is 12.1 Å². The summed E-state index contributed by atoms with van der Waals surface area (Å²) in [5.74, 6) is -0.317. The number of alkyl halides is 1. The topological polar surface area (TPSA) is 29.1 Å². The van der Waals surface area contributed by atoms with Gasteiger partial charge in [-0.2, -0.15) is 0 Å². The maximum absolute atomic E-state index is 13.3. The monoisotopic (exact) mass is 413 g/mol. The molecule has 5 heteroatoms. The quantitative estimate of drug-likeness (QED) is 0.590. The van der Waals surface area contributed by atoms with Gasteiger partial charge in [0.15, 0.2) is 0 Å². The van der Waals surface area contributed by atoms with Gasteiger partial charge in [0.25, 0.3) is 5.91 Å². The molecule has 0 saturated heterocycles. The third-order valence-corrected chi connectivity index (χ3v) is 4.24. The van der Waals surface area contributed by atoms with Crippen molar-refractivity contribution in [1.29, 1.82) is 0 Å². The average molecular weight is 414 g/mol. The van der Waals surface area contributed by atoms with E-state index in [2.05, 4.69) is 43.8 Å². The second-order valence-electron chi connectivity index (χ2n) is 4.08. The summed E-state index contributed by atoms with van der Waals surface area (Å²) in [5.41, 5.74) is 0.334. The highest BCUT2D eigenvalue weighted by atomic mass is 127. The Kier molecular flexibility index (Phi) is 5.85. The molecule has 1 aromatic carbocycles. The van der Waals surface area contributed by atoms with Crippen LogP contribution < -0.4 is 5.32 Å². The van der Waals surface area contributed by atoms with E-state index in [4.69, 9.17) is 0 Å². The number of carbonyl (C=O) groups excluding carboxylic acids is 1. The number of rotatable bonds is 4. The number of benzene rings is 1. The lowest BCUT2D eigenvalue weighted by Crippen LogP contribution is -2.39. The van der Waals surface area contributed by atoms with Gasteiger partial charge in [-0.25, -0.2) is 4.39 Å². The van der Waals surface area contributed by atoms with Crippen molar-refractivity contribution in [2.24, 2.45) is 5.92 Å². The zero-order chi connectivity index (χ0) is 13.0. The van der Waals surface area contributed by atoms with Crippen LogP contribution >= 0.6 is 38.5 Å². The number of halogens is 3. The van der Waals surface area contributed by atoms with Gasteiger partial charge >= 0.3 is 0 Å². The Hall–Kier alpha value is -0.170. The summed E-state index contributed by atoms with van der Waals surface area (Å²) in [5, 5.41) is 2.91. The molecule has 1 unspecified atom stereocenters. The number of hydrogen-bond acceptors (Lipinski definition) is 1. The number of carbonyl (C=O) groups is 1. The Morgan fingerprint density at radius 2 is 2.18 bits per heavy atom. The van der Waals surface area contributed by atoms with Crippen molar-refractivity contribution >= 4 is 44.4 Å². The van der Waals surface area contributed by atoms with Crippen LogP contribution in [0.1, 0.15) is 24.2 Å². The van der Waals surface area contributed by atoms with E-state index in [1.54, 1.807) is 6.07 Å². The third kappa shape index (κ3) is 3.91.